The number of benzene rings is 8. The highest BCUT2D eigenvalue weighted by Gasteiger charge is 2.59. The SMILES string of the molecule is O=C(NC1C(=O)N2CC(Sc3sc4ccsc4c(=O)c3Cl)(C(=O)OC(c3ccccc3)c3ccccc3)CS[C@H]12)C(=NOC(c1ccccc1)(c1ccccc1)c1ccccc1)c1nc(NC(c2ccccc2)(c2ccccc2)c2ccccc2)sc1Cl. The Morgan fingerprint density at radius 1 is 0.636 bits per heavy atom. The van der Waals surface area contributed by atoms with Crippen LogP contribution >= 0.6 is 80.7 Å². The van der Waals surface area contributed by atoms with Gasteiger partial charge in [0.1, 0.15) is 36.8 Å². The van der Waals surface area contributed by atoms with Gasteiger partial charge in [0.2, 0.25) is 16.9 Å². The number of hydrogen-bond donors (Lipinski definition) is 2. The molecule has 2 saturated heterocycles. The second-order valence-corrected chi connectivity index (χ2v) is 27.6. The number of carbonyl (C=O) groups is 3. The number of nitrogens with zero attached hydrogens (tertiary/aromatic N) is 3. The molecule has 3 atom stereocenters. The fourth-order valence-corrected chi connectivity index (χ4v) is 18.2. The largest absolute Gasteiger partial charge is 0.451 e. The zero-order chi connectivity index (χ0) is 60.2. The normalized spacial score (nSPS) is 16.8. The van der Waals surface area contributed by atoms with Crippen molar-refractivity contribution in [2.45, 2.75) is 37.6 Å². The molecule has 11 nitrogen and oxygen atoms in total. The van der Waals surface area contributed by atoms with Crippen LogP contribution in [0.2, 0.25) is 9.36 Å². The second-order valence-electron chi connectivity index (χ2n) is 20.9. The zero-order valence-corrected chi connectivity index (χ0v) is 52.1. The number of anilines is 1. The van der Waals surface area contributed by atoms with Crippen LogP contribution in [0.4, 0.5) is 5.13 Å². The number of fused-ring (bicyclic) bond motifs is 2. The number of nitrogens with one attached hydrogen (secondary N) is 2. The van der Waals surface area contributed by atoms with Gasteiger partial charge in [-0.05, 0) is 39.3 Å². The maximum absolute atomic E-state index is 15.7. The number of esters is 1. The predicted molar refractivity (Wildman–Crippen MR) is 357 cm³/mol. The number of carbonyl (C=O) groups excluding carboxylic acids is 3. The maximum Gasteiger partial charge on any atom is 0.326 e. The molecular weight excluding hydrogens is 1240 g/mol. The van der Waals surface area contributed by atoms with Gasteiger partial charge in [0.25, 0.3) is 5.91 Å². The predicted octanol–water partition coefficient (Wildman–Crippen LogP) is 15.5. The summed E-state index contributed by atoms with van der Waals surface area (Å²) in [7, 11) is 0. The van der Waals surface area contributed by atoms with E-state index in [0.29, 0.717) is 30.7 Å². The Morgan fingerprint density at radius 3 is 1.59 bits per heavy atom. The van der Waals surface area contributed by atoms with E-state index in [4.69, 9.17) is 42.9 Å². The van der Waals surface area contributed by atoms with E-state index in [2.05, 4.69) is 47.0 Å². The topological polar surface area (TPSA) is 139 Å². The minimum absolute atomic E-state index is 0.000716. The van der Waals surface area contributed by atoms with Crippen LogP contribution in [-0.4, -0.2) is 61.8 Å². The highest BCUT2D eigenvalue weighted by atomic mass is 35.5. The van der Waals surface area contributed by atoms with E-state index < -0.39 is 51.2 Å². The van der Waals surface area contributed by atoms with E-state index in [-0.39, 0.29) is 38.5 Å². The molecule has 2 N–H and O–H groups in total. The van der Waals surface area contributed by atoms with Gasteiger partial charge >= 0.3 is 5.97 Å². The summed E-state index contributed by atoms with van der Waals surface area (Å²) in [5.74, 6) is -1.76. The summed E-state index contributed by atoms with van der Waals surface area (Å²) in [5, 5.41) is 13.2. The summed E-state index contributed by atoms with van der Waals surface area (Å²) in [5.41, 5.74) is 3.28. The third-order valence-electron chi connectivity index (χ3n) is 15.6. The Hall–Kier alpha value is -8.32. The molecule has 2 fully saturated rings. The first-order valence-corrected chi connectivity index (χ1v) is 33.2. The summed E-state index contributed by atoms with van der Waals surface area (Å²) in [6.45, 7) is -0.134. The molecule has 3 aromatic heterocycles. The van der Waals surface area contributed by atoms with Gasteiger partial charge in [-0.3, -0.25) is 19.2 Å². The van der Waals surface area contributed by atoms with Crippen molar-refractivity contribution in [1.29, 1.82) is 0 Å². The van der Waals surface area contributed by atoms with Crippen LogP contribution in [0.3, 0.4) is 0 Å². The first-order chi connectivity index (χ1) is 43.1. The van der Waals surface area contributed by atoms with E-state index >= 15 is 14.4 Å². The van der Waals surface area contributed by atoms with Gasteiger partial charge in [-0.1, -0.05) is 294 Å². The summed E-state index contributed by atoms with van der Waals surface area (Å²) < 4.78 is 6.91. The van der Waals surface area contributed by atoms with Crippen LogP contribution < -0.4 is 16.1 Å². The van der Waals surface area contributed by atoms with Crippen LogP contribution in [0.15, 0.2) is 268 Å². The molecule has 11 aromatic rings. The van der Waals surface area contributed by atoms with Crippen molar-refractivity contribution in [3.63, 3.8) is 0 Å². The second kappa shape index (κ2) is 25.4. The number of hydrogen-bond acceptors (Lipinski definition) is 14. The minimum atomic E-state index is -1.48. The van der Waals surface area contributed by atoms with Gasteiger partial charge in [-0.15, -0.1) is 34.4 Å². The summed E-state index contributed by atoms with van der Waals surface area (Å²) in [6.07, 6.45) is -0.813. The Kier molecular flexibility index (Phi) is 16.9. The zero-order valence-electron chi connectivity index (χ0n) is 46.5. The van der Waals surface area contributed by atoms with Crippen molar-refractivity contribution < 1.29 is 24.0 Å². The number of thioether (sulfide) groups is 2. The number of thiazole rings is 1. The standard InChI is InChI=1S/C70H51Cl2N5O6S5/c71-54-58(78)60-53(41-42-84-60)86-65(54)88-68(66(81)82-59(45-25-9-1-10-26-45)46-27-11-2-12-28-46)43-77-63(80)57(64(77)85-44-68)73-62(79)56(76-83-70(50-35-19-6-20-36-50,51-37-21-7-22-38-51)52-39-23-8-24-40-52)55-61(72)87-67(74-55)75-69(47-29-13-3-14-30-47,48-31-15-4-16-32-48)49-33-17-5-18-34-49/h1-42,57,59,64H,43-44H2,(H,73,79)(H,74,75)/t57?,64-,68?/m1/s1. The Labute approximate surface area is 538 Å². The van der Waals surface area contributed by atoms with Crippen LogP contribution in [0.1, 0.15) is 56.3 Å². The van der Waals surface area contributed by atoms with E-state index in [1.807, 2.05) is 218 Å². The third-order valence-corrected chi connectivity index (χ3v) is 22.8. The number of oxime groups is 1. The van der Waals surface area contributed by atoms with Gasteiger partial charge < -0.3 is 25.1 Å². The van der Waals surface area contributed by atoms with Gasteiger partial charge in [-0.2, -0.15) is 0 Å². The smallest absolute Gasteiger partial charge is 0.326 e. The molecule has 2 amide bonds. The maximum atomic E-state index is 15.7. The molecule has 0 saturated carbocycles. The summed E-state index contributed by atoms with van der Waals surface area (Å²) in [4.78, 5) is 73.6. The molecule has 0 spiro atoms. The van der Waals surface area contributed by atoms with E-state index in [1.165, 1.54) is 34.4 Å². The molecule has 0 radical (unpaired) electrons. The Bertz CT molecular complexity index is 4150. The minimum Gasteiger partial charge on any atom is -0.451 e. The molecule has 2 aliphatic rings. The van der Waals surface area contributed by atoms with Gasteiger partial charge in [0.05, 0.1) is 13.6 Å². The average molecular weight is 1290 g/mol. The molecule has 8 aromatic carbocycles. The van der Waals surface area contributed by atoms with Gasteiger partial charge in [0.15, 0.2) is 16.9 Å². The fraction of sp³-hybridized carbons (Fsp3) is 0.114. The lowest BCUT2D eigenvalue weighted by Gasteiger charge is -2.53. The number of β-lactam (4-membered cyclic amide) rings is 1. The van der Waals surface area contributed by atoms with Gasteiger partial charge in [0, 0.05) is 29.0 Å². The molecule has 0 bridgehead atoms. The van der Waals surface area contributed by atoms with Crippen LogP contribution in [0, 0.1) is 0 Å². The summed E-state index contributed by atoms with van der Waals surface area (Å²) >= 11 is 20.5. The molecular formula is C70H51Cl2N5O6S5. The molecule has 18 heteroatoms. The van der Waals surface area contributed by atoms with E-state index in [0.717, 1.165) is 55.6 Å². The van der Waals surface area contributed by atoms with Crippen molar-refractivity contribution in [1.82, 2.24) is 15.2 Å². The van der Waals surface area contributed by atoms with Crippen molar-refractivity contribution in [2.75, 3.05) is 17.6 Å². The first kappa shape index (κ1) is 58.7. The molecule has 2 aliphatic heterocycles. The fourth-order valence-electron chi connectivity index (χ4n) is 11.3. The lowest BCUT2D eigenvalue weighted by atomic mass is 9.77. The molecule has 13 rings (SSSR count). The number of aromatic nitrogens is 1. The van der Waals surface area contributed by atoms with Crippen LogP contribution in [0.5, 0.6) is 0 Å². The lowest BCUT2D eigenvalue weighted by molar-refractivity contribution is -0.155. The third kappa shape index (κ3) is 11.1. The quantitative estimate of drug-likeness (QED) is 0.0264. The highest BCUT2D eigenvalue weighted by molar-refractivity contribution is 8.06. The Balaban J connectivity index is 0.885. The molecule has 0 aliphatic carbocycles. The van der Waals surface area contributed by atoms with Crippen molar-refractivity contribution in [3.05, 3.63) is 324 Å². The number of rotatable bonds is 19. The molecule has 2 unspecified atom stereocenters. The average Bonchev–Trinajstić information content (AvgIpc) is 1.24. The molecule has 88 heavy (non-hydrogen) atoms. The molecule has 436 valence electrons. The Morgan fingerprint density at radius 2 is 1.10 bits per heavy atom. The van der Waals surface area contributed by atoms with Gasteiger partial charge in [-0.25, -0.2) is 4.98 Å². The highest BCUT2D eigenvalue weighted by Crippen LogP contribution is 2.51. The van der Waals surface area contributed by atoms with Crippen molar-refractivity contribution >= 4 is 119 Å². The van der Waals surface area contributed by atoms with Crippen LogP contribution in [0.25, 0.3) is 9.40 Å². The first-order valence-electron chi connectivity index (χ1n) is 28.0. The number of halogens is 2. The van der Waals surface area contributed by atoms with Crippen molar-refractivity contribution in [3.8, 4) is 0 Å². The van der Waals surface area contributed by atoms with Crippen molar-refractivity contribution in [2.24, 2.45) is 5.16 Å². The number of thiophene rings is 1. The lowest BCUT2D eigenvalue weighted by Crippen LogP contribution is -2.75. The van der Waals surface area contributed by atoms with E-state index in [9.17, 15) is 4.79 Å². The number of amides is 2. The van der Waals surface area contributed by atoms with E-state index in [1.54, 1.807) is 4.90 Å². The molecule has 5 heterocycles. The summed E-state index contributed by atoms with van der Waals surface area (Å²) in [6, 6.07) is 78.6. The number of ether oxygens (including phenoxy) is 1. The van der Waals surface area contributed by atoms with Crippen LogP contribution in [-0.2, 0) is 35.1 Å². The monoisotopic (exact) mass is 1290 g/mol.